The summed E-state index contributed by atoms with van der Waals surface area (Å²) in [5.74, 6) is 0.172. The Morgan fingerprint density at radius 1 is 0.828 bits per heavy atom. The van der Waals surface area contributed by atoms with E-state index in [4.69, 9.17) is 0 Å². The molecule has 1 aromatic carbocycles. The highest BCUT2D eigenvalue weighted by Crippen LogP contribution is 2.17. The molecule has 0 aliphatic carbocycles. The number of unbranched alkanes of at least 4 members (excludes halogenated alkanes) is 10. The third-order valence-electron chi connectivity index (χ3n) is 6.06. The number of carbonyl (C=O) groups is 1. The van der Waals surface area contributed by atoms with E-state index in [0.717, 1.165) is 24.0 Å². The highest BCUT2D eigenvalue weighted by molar-refractivity contribution is 5.88. The van der Waals surface area contributed by atoms with Crippen LogP contribution in [0, 0.1) is 0 Å². The largest absolute Gasteiger partial charge is 0.322 e. The second kappa shape index (κ2) is 16.4. The molecule has 2 heteroatoms. The predicted octanol–water partition coefficient (Wildman–Crippen LogP) is 7.48. The number of nitrogens with zero attached hydrogens (tertiary/aromatic N) is 1. The fourth-order valence-corrected chi connectivity index (χ4v) is 4.19. The van der Waals surface area contributed by atoms with E-state index < -0.39 is 0 Å². The van der Waals surface area contributed by atoms with E-state index in [1.54, 1.807) is 0 Å². The minimum absolute atomic E-state index is 0.172. The van der Waals surface area contributed by atoms with E-state index in [-0.39, 0.29) is 5.78 Å². The van der Waals surface area contributed by atoms with Crippen molar-refractivity contribution in [1.29, 1.82) is 0 Å². The monoisotopic (exact) mass is 400 g/mol. The van der Waals surface area contributed by atoms with Crippen LogP contribution < -0.4 is 0 Å². The molecule has 2 nitrogen and oxygen atoms in total. The van der Waals surface area contributed by atoms with Crippen molar-refractivity contribution < 1.29 is 9.28 Å². The van der Waals surface area contributed by atoms with Crippen LogP contribution in [0.15, 0.2) is 43.0 Å². The van der Waals surface area contributed by atoms with Gasteiger partial charge in [-0.3, -0.25) is 4.79 Å². The summed E-state index contributed by atoms with van der Waals surface area (Å²) in [7, 11) is 2.36. The number of hydrogen-bond acceptors (Lipinski definition) is 1. The Morgan fingerprint density at radius 2 is 1.34 bits per heavy atom. The van der Waals surface area contributed by atoms with Gasteiger partial charge in [-0.15, -0.1) is 0 Å². The molecule has 0 amide bonds. The summed E-state index contributed by atoms with van der Waals surface area (Å²) in [5, 5.41) is 0. The molecule has 0 bridgehead atoms. The smallest absolute Gasteiger partial charge is 0.155 e. The van der Waals surface area contributed by atoms with E-state index >= 15 is 0 Å². The number of benzene rings is 1. The fourth-order valence-electron chi connectivity index (χ4n) is 4.19. The summed E-state index contributed by atoms with van der Waals surface area (Å²) in [4.78, 5) is 11.6. The summed E-state index contributed by atoms with van der Waals surface area (Å²) in [5.41, 5.74) is 1.40. The lowest BCUT2D eigenvalue weighted by Gasteiger charge is -2.35. The average Bonchev–Trinajstić information content (AvgIpc) is 2.72. The van der Waals surface area contributed by atoms with Gasteiger partial charge in [-0.2, -0.15) is 0 Å². The first-order valence-corrected chi connectivity index (χ1v) is 12.1. The molecule has 0 aliphatic heterocycles. The van der Waals surface area contributed by atoms with Gasteiger partial charge in [-0.05, 0) is 18.9 Å². The van der Waals surface area contributed by atoms with E-state index in [2.05, 4.69) is 50.9 Å². The van der Waals surface area contributed by atoms with E-state index in [1.165, 1.54) is 88.8 Å². The van der Waals surface area contributed by atoms with Gasteiger partial charge < -0.3 is 4.48 Å². The van der Waals surface area contributed by atoms with Crippen LogP contribution in [0.2, 0.25) is 0 Å². The predicted molar refractivity (Wildman–Crippen MR) is 127 cm³/mol. The van der Waals surface area contributed by atoms with Crippen LogP contribution in [0.5, 0.6) is 0 Å². The molecule has 1 atom stereocenters. The van der Waals surface area contributed by atoms with Crippen molar-refractivity contribution >= 4 is 5.78 Å². The molecule has 0 fully saturated rings. The second-order valence-corrected chi connectivity index (χ2v) is 9.02. The Labute approximate surface area is 181 Å². The normalized spacial score (nSPS) is 13.2. The number of quaternary nitrogens is 1. The first kappa shape index (κ1) is 25.6. The fraction of sp³-hybridized carbons (Fsp3) is 0.667. The van der Waals surface area contributed by atoms with Crippen molar-refractivity contribution in [3.05, 3.63) is 48.6 Å². The number of allylic oxidation sites excluding steroid dienone is 1. The van der Waals surface area contributed by atoms with Crippen LogP contribution in [-0.4, -0.2) is 30.4 Å². The Kier molecular flexibility index (Phi) is 14.5. The summed E-state index contributed by atoms with van der Waals surface area (Å²) >= 11 is 0. The first-order valence-electron chi connectivity index (χ1n) is 12.1. The molecule has 0 saturated carbocycles. The minimum atomic E-state index is 0.172. The molecule has 1 rings (SSSR count). The molecule has 164 valence electrons. The summed E-state index contributed by atoms with van der Waals surface area (Å²) in [6.07, 6.45) is 18.3. The molecule has 0 saturated heterocycles. The van der Waals surface area contributed by atoms with Crippen molar-refractivity contribution in [3.8, 4) is 0 Å². The topological polar surface area (TPSA) is 17.1 Å². The SMILES string of the molecule is C=CC(=O)CCC[N+](C)(CCCCCCCCCCCCC)Cc1ccccc1. The molecule has 0 aliphatic rings. The van der Waals surface area contributed by atoms with Crippen LogP contribution in [0.4, 0.5) is 0 Å². The minimum Gasteiger partial charge on any atom is -0.322 e. The highest BCUT2D eigenvalue weighted by atomic mass is 16.1. The Bertz CT molecular complexity index is 539. The molecule has 1 unspecified atom stereocenters. The Hall–Kier alpha value is -1.41. The van der Waals surface area contributed by atoms with Gasteiger partial charge in [0, 0.05) is 18.4 Å². The molecule has 0 heterocycles. The zero-order valence-corrected chi connectivity index (χ0v) is 19.3. The van der Waals surface area contributed by atoms with Crippen molar-refractivity contribution in [1.82, 2.24) is 0 Å². The second-order valence-electron chi connectivity index (χ2n) is 9.02. The molecule has 29 heavy (non-hydrogen) atoms. The van der Waals surface area contributed by atoms with Gasteiger partial charge in [-0.25, -0.2) is 0 Å². The number of carbonyl (C=O) groups excluding carboxylic acids is 1. The van der Waals surface area contributed by atoms with Gasteiger partial charge in [-0.1, -0.05) is 102 Å². The molecule has 0 aromatic heterocycles. The zero-order chi connectivity index (χ0) is 21.2. The molecular formula is C27H46NO+. The lowest BCUT2D eigenvalue weighted by atomic mass is 10.1. The van der Waals surface area contributed by atoms with Gasteiger partial charge in [0.15, 0.2) is 5.78 Å². The van der Waals surface area contributed by atoms with Crippen LogP contribution in [0.25, 0.3) is 0 Å². The molecule has 0 radical (unpaired) electrons. The van der Waals surface area contributed by atoms with Crippen molar-refractivity contribution in [2.75, 3.05) is 20.1 Å². The summed E-state index contributed by atoms with van der Waals surface area (Å²) in [6.45, 7) is 9.20. The van der Waals surface area contributed by atoms with E-state index in [0.29, 0.717) is 6.42 Å². The van der Waals surface area contributed by atoms with Crippen molar-refractivity contribution in [3.63, 3.8) is 0 Å². The quantitative estimate of drug-likeness (QED) is 0.134. The maximum atomic E-state index is 11.6. The number of hydrogen-bond donors (Lipinski definition) is 0. The molecule has 0 spiro atoms. The van der Waals surface area contributed by atoms with Gasteiger partial charge in [0.25, 0.3) is 0 Å². The summed E-state index contributed by atoms with van der Waals surface area (Å²) < 4.78 is 1.03. The number of ketones is 1. The van der Waals surface area contributed by atoms with Gasteiger partial charge in [0.05, 0.1) is 20.1 Å². The van der Waals surface area contributed by atoms with Crippen molar-refractivity contribution in [2.24, 2.45) is 0 Å². The van der Waals surface area contributed by atoms with Gasteiger partial charge >= 0.3 is 0 Å². The highest BCUT2D eigenvalue weighted by Gasteiger charge is 2.21. The van der Waals surface area contributed by atoms with Crippen LogP contribution in [0.1, 0.15) is 96.0 Å². The lowest BCUT2D eigenvalue weighted by molar-refractivity contribution is -0.923. The van der Waals surface area contributed by atoms with Crippen LogP contribution in [-0.2, 0) is 11.3 Å². The molecular weight excluding hydrogens is 354 g/mol. The third kappa shape index (κ3) is 13.4. The maximum absolute atomic E-state index is 11.6. The standard InChI is InChI=1S/C27H46NO/c1-4-6-7-8-9-10-11-12-13-14-18-23-28(3,24-19-22-27(29)5-2)25-26-20-16-15-17-21-26/h5,15-17,20-21H,2,4,6-14,18-19,22-25H2,1,3H3/q+1. The molecule has 1 aromatic rings. The van der Waals surface area contributed by atoms with E-state index in [1.807, 2.05) is 0 Å². The van der Waals surface area contributed by atoms with Gasteiger partial charge in [0.2, 0.25) is 0 Å². The maximum Gasteiger partial charge on any atom is 0.155 e. The van der Waals surface area contributed by atoms with Crippen LogP contribution >= 0.6 is 0 Å². The summed E-state index contributed by atoms with van der Waals surface area (Å²) in [6, 6.07) is 10.8. The van der Waals surface area contributed by atoms with E-state index in [9.17, 15) is 4.79 Å². The lowest BCUT2D eigenvalue weighted by Crippen LogP contribution is -2.44. The molecule has 0 N–H and O–H groups in total. The van der Waals surface area contributed by atoms with Crippen molar-refractivity contribution in [2.45, 2.75) is 96.9 Å². The van der Waals surface area contributed by atoms with Gasteiger partial charge in [0.1, 0.15) is 6.54 Å². The zero-order valence-electron chi connectivity index (χ0n) is 19.3. The Morgan fingerprint density at radius 3 is 1.90 bits per heavy atom. The number of rotatable bonds is 19. The Balaban J connectivity index is 2.28. The van der Waals surface area contributed by atoms with Crippen LogP contribution in [0.3, 0.4) is 0 Å². The third-order valence-corrected chi connectivity index (χ3v) is 6.06. The first-order chi connectivity index (χ1) is 14.1. The average molecular weight is 401 g/mol.